The van der Waals surface area contributed by atoms with Gasteiger partial charge in [-0.05, 0) is 13.8 Å². The van der Waals surface area contributed by atoms with Crippen LogP contribution in [0.4, 0.5) is 4.39 Å². The van der Waals surface area contributed by atoms with Gasteiger partial charge in [-0.15, -0.1) is 12.1 Å². The van der Waals surface area contributed by atoms with Crippen molar-refractivity contribution < 1.29 is 25.5 Å². The first-order valence-corrected chi connectivity index (χ1v) is 10.7. The summed E-state index contributed by atoms with van der Waals surface area (Å²) < 4.78 is 17.7. The van der Waals surface area contributed by atoms with Crippen molar-refractivity contribution in [2.75, 3.05) is 0 Å². The second-order valence-electron chi connectivity index (χ2n) is 2.54. The van der Waals surface area contributed by atoms with E-state index in [0.717, 1.165) is 0 Å². The van der Waals surface area contributed by atoms with E-state index in [-0.39, 0.29) is 11.9 Å². The number of benzene rings is 1. The number of ether oxygens (including phenoxy) is 1. The summed E-state index contributed by atoms with van der Waals surface area (Å²) in [7, 11) is 0. The van der Waals surface area contributed by atoms with Gasteiger partial charge < -0.3 is 4.74 Å². The molecule has 0 atom stereocenters. The Labute approximate surface area is 94.7 Å². The van der Waals surface area contributed by atoms with Crippen LogP contribution in [0.3, 0.4) is 0 Å². The van der Waals surface area contributed by atoms with Crippen molar-refractivity contribution in [3.63, 3.8) is 0 Å². The molecule has 0 unspecified atom stereocenters. The molecule has 1 aromatic rings. The Bertz CT molecular complexity index is 243. The molecule has 1 aromatic carbocycles. The second-order valence-corrected chi connectivity index (χ2v) is 2.54. The zero-order chi connectivity index (χ0) is 10.3. The first-order valence-electron chi connectivity index (χ1n) is 3.79. The molecule has 68 valence electrons. The quantitative estimate of drug-likeness (QED) is 0.601. The molecular weight excluding hydrogens is 288 g/mol. The van der Waals surface area contributed by atoms with Crippen molar-refractivity contribution >= 4 is 13.6 Å². The zero-order valence-electron chi connectivity index (χ0n) is 7.68. The summed E-state index contributed by atoms with van der Waals surface area (Å²) in [6.45, 7) is 3.78. The summed E-state index contributed by atoms with van der Waals surface area (Å²) in [5, 5.41) is 0. The predicted molar refractivity (Wildman–Crippen MR) is 49.9 cm³/mol. The Balaban J connectivity index is 0.000000671. The number of hydrogen-bond donors (Lipinski definition) is 0. The molecular formula is C9H10BrFOZn. The van der Waals surface area contributed by atoms with Crippen LogP contribution in [0.5, 0.6) is 5.75 Å². The van der Waals surface area contributed by atoms with E-state index >= 15 is 0 Å². The van der Waals surface area contributed by atoms with Gasteiger partial charge in [0.2, 0.25) is 0 Å². The molecule has 1 nitrogen and oxygen atoms in total. The summed E-state index contributed by atoms with van der Waals surface area (Å²) >= 11 is 4.25. The van der Waals surface area contributed by atoms with Gasteiger partial charge in [0.05, 0.1) is 6.10 Å². The van der Waals surface area contributed by atoms with Crippen LogP contribution in [0, 0.1) is 11.9 Å². The van der Waals surface area contributed by atoms with Crippen molar-refractivity contribution in [3.05, 3.63) is 30.1 Å². The SMILES string of the molecule is CC(C)Oc1[c-]ccc(F)c1.[Zn+][Br]. The average Bonchev–Trinajstić information content (AvgIpc) is 2.06. The van der Waals surface area contributed by atoms with E-state index in [1.165, 1.54) is 34.5 Å². The Hall–Kier alpha value is 0.0534. The van der Waals surface area contributed by atoms with Crippen molar-refractivity contribution in [2.45, 2.75) is 20.0 Å². The third-order valence-corrected chi connectivity index (χ3v) is 1.10. The minimum atomic E-state index is -0.292. The Kier molecular flexibility index (Phi) is 7.49. The van der Waals surface area contributed by atoms with Gasteiger partial charge >= 0.3 is 30.0 Å². The van der Waals surface area contributed by atoms with Gasteiger partial charge in [-0.3, -0.25) is 0 Å². The average molecular weight is 298 g/mol. The molecule has 0 aliphatic carbocycles. The molecule has 0 aromatic heterocycles. The van der Waals surface area contributed by atoms with E-state index < -0.39 is 0 Å². The van der Waals surface area contributed by atoms with E-state index in [0.29, 0.717) is 5.75 Å². The van der Waals surface area contributed by atoms with Crippen LogP contribution in [0.2, 0.25) is 0 Å². The van der Waals surface area contributed by atoms with Crippen molar-refractivity contribution in [3.8, 4) is 5.75 Å². The summed E-state index contributed by atoms with van der Waals surface area (Å²) in [5.41, 5.74) is 0. The maximum atomic E-state index is 12.5. The molecule has 0 saturated heterocycles. The fourth-order valence-corrected chi connectivity index (χ4v) is 0.740. The molecule has 0 fully saturated rings. The third kappa shape index (κ3) is 6.17. The minimum absolute atomic E-state index is 0.0630. The van der Waals surface area contributed by atoms with E-state index in [1.807, 2.05) is 13.8 Å². The summed E-state index contributed by atoms with van der Waals surface area (Å²) in [6, 6.07) is 6.95. The predicted octanol–water partition coefficient (Wildman–Crippen LogP) is 3.26. The van der Waals surface area contributed by atoms with E-state index in [1.54, 1.807) is 0 Å². The number of halogens is 2. The molecule has 0 saturated carbocycles. The number of hydrogen-bond acceptors (Lipinski definition) is 1. The van der Waals surface area contributed by atoms with Crippen LogP contribution >= 0.6 is 13.6 Å². The van der Waals surface area contributed by atoms with Gasteiger partial charge in [0, 0.05) is 11.6 Å². The van der Waals surface area contributed by atoms with Crippen LogP contribution in [0.15, 0.2) is 18.2 Å². The van der Waals surface area contributed by atoms with Gasteiger partial charge in [0.15, 0.2) is 0 Å². The first-order chi connectivity index (χ1) is 6.18. The fourth-order valence-electron chi connectivity index (χ4n) is 0.740. The molecule has 0 spiro atoms. The Morgan fingerprint density at radius 1 is 1.54 bits per heavy atom. The molecule has 0 aliphatic rings. The molecule has 1 rings (SSSR count). The normalized spacial score (nSPS) is 9.15. The summed E-state index contributed by atoms with van der Waals surface area (Å²) in [4.78, 5) is 0. The van der Waals surface area contributed by atoms with Gasteiger partial charge in [0.1, 0.15) is 0 Å². The number of rotatable bonds is 2. The van der Waals surface area contributed by atoms with Crippen LogP contribution in [0.1, 0.15) is 13.8 Å². The molecule has 0 aliphatic heterocycles. The fraction of sp³-hybridized carbons (Fsp3) is 0.333. The van der Waals surface area contributed by atoms with E-state index in [4.69, 9.17) is 4.74 Å². The standard InChI is InChI=1S/C9H10FO.BrH.Zn/c1-7(2)11-9-5-3-4-8(10)6-9;;/h3-4,6-7H,1-2H3;1H;/q-1;;+2/p-1. The van der Waals surface area contributed by atoms with Crippen molar-refractivity contribution in [1.29, 1.82) is 0 Å². The molecule has 4 heteroatoms. The van der Waals surface area contributed by atoms with Crippen LogP contribution in [0.25, 0.3) is 0 Å². The van der Waals surface area contributed by atoms with E-state index in [9.17, 15) is 4.39 Å². The first kappa shape index (κ1) is 13.1. The Morgan fingerprint density at radius 2 is 2.15 bits per heavy atom. The zero-order valence-corrected chi connectivity index (χ0v) is 12.2. The van der Waals surface area contributed by atoms with Crippen molar-refractivity contribution in [2.24, 2.45) is 0 Å². The van der Waals surface area contributed by atoms with Gasteiger partial charge in [-0.1, -0.05) is 6.07 Å². The van der Waals surface area contributed by atoms with Gasteiger partial charge in [-0.2, -0.15) is 6.07 Å². The molecule has 0 bridgehead atoms. The van der Waals surface area contributed by atoms with Gasteiger partial charge in [-0.25, -0.2) is 4.39 Å². The van der Waals surface area contributed by atoms with Crippen LogP contribution in [-0.2, 0) is 16.3 Å². The molecule has 0 N–H and O–H groups in total. The maximum absolute atomic E-state index is 12.5. The monoisotopic (exact) mass is 296 g/mol. The Morgan fingerprint density at radius 3 is 2.62 bits per heavy atom. The topological polar surface area (TPSA) is 9.23 Å². The summed E-state index contributed by atoms with van der Waals surface area (Å²) in [5.74, 6) is 0.166. The van der Waals surface area contributed by atoms with Gasteiger partial charge in [0.25, 0.3) is 0 Å². The third-order valence-electron chi connectivity index (χ3n) is 1.10. The van der Waals surface area contributed by atoms with Crippen molar-refractivity contribution in [1.82, 2.24) is 0 Å². The summed E-state index contributed by atoms with van der Waals surface area (Å²) in [6.07, 6.45) is 0.0630. The van der Waals surface area contributed by atoms with E-state index in [2.05, 4.69) is 19.7 Å². The van der Waals surface area contributed by atoms with Crippen LogP contribution in [-0.4, -0.2) is 6.10 Å². The molecule has 0 radical (unpaired) electrons. The molecule has 0 amide bonds. The molecule has 13 heavy (non-hydrogen) atoms. The van der Waals surface area contributed by atoms with Crippen LogP contribution < -0.4 is 4.74 Å². The second kappa shape index (κ2) is 7.46. The molecule has 0 heterocycles.